The minimum Gasteiger partial charge on any atom is -0.478 e. The van der Waals surface area contributed by atoms with E-state index in [0.717, 1.165) is 10.4 Å². The minimum atomic E-state index is -1.02. The van der Waals surface area contributed by atoms with Crippen molar-refractivity contribution >= 4 is 29.0 Å². The first kappa shape index (κ1) is 12.5. The summed E-state index contributed by atoms with van der Waals surface area (Å²) in [4.78, 5) is 12.2. The predicted molar refractivity (Wildman–Crippen MR) is 71.0 cm³/mol. The van der Waals surface area contributed by atoms with Gasteiger partial charge in [-0.25, -0.2) is 9.18 Å². The van der Waals surface area contributed by atoms with Crippen molar-refractivity contribution in [1.82, 2.24) is 0 Å². The van der Waals surface area contributed by atoms with E-state index in [1.54, 1.807) is 6.08 Å². The van der Waals surface area contributed by atoms with Gasteiger partial charge in [0, 0.05) is 4.88 Å². The molecular formula is C14H11FO2S. The molecule has 1 N–H and O–H groups in total. The fourth-order valence-electron chi connectivity index (χ4n) is 1.56. The molecule has 0 aliphatic heterocycles. The lowest BCUT2D eigenvalue weighted by Gasteiger charge is -2.02. The SMILES string of the molecule is Cc1ccsc1/C=C(\C(=O)O)c1ccc(F)cc1. The third kappa shape index (κ3) is 2.65. The average Bonchev–Trinajstić information content (AvgIpc) is 2.73. The molecule has 0 saturated carbocycles. The number of carboxylic acid groups (broad SMARTS) is 1. The third-order valence-electron chi connectivity index (χ3n) is 2.56. The fourth-order valence-corrected chi connectivity index (χ4v) is 2.42. The number of aryl methyl sites for hydroxylation is 1. The summed E-state index contributed by atoms with van der Waals surface area (Å²) in [5.74, 6) is -1.40. The van der Waals surface area contributed by atoms with Crippen LogP contribution in [-0.2, 0) is 4.79 Å². The van der Waals surface area contributed by atoms with Crippen LogP contribution in [0, 0.1) is 12.7 Å². The molecule has 0 amide bonds. The van der Waals surface area contributed by atoms with Crippen LogP contribution in [0.1, 0.15) is 16.0 Å². The highest BCUT2D eigenvalue weighted by Gasteiger charge is 2.11. The first-order valence-corrected chi connectivity index (χ1v) is 6.21. The molecule has 2 aromatic rings. The van der Waals surface area contributed by atoms with Gasteiger partial charge in [0.05, 0.1) is 5.57 Å². The average molecular weight is 262 g/mol. The Hall–Kier alpha value is -1.94. The summed E-state index contributed by atoms with van der Waals surface area (Å²) in [6.45, 7) is 1.92. The van der Waals surface area contributed by atoms with Gasteiger partial charge in [-0.05, 0) is 47.7 Å². The number of benzene rings is 1. The monoisotopic (exact) mass is 262 g/mol. The molecule has 1 heterocycles. The van der Waals surface area contributed by atoms with E-state index in [-0.39, 0.29) is 11.4 Å². The van der Waals surface area contributed by atoms with Crippen LogP contribution < -0.4 is 0 Å². The molecule has 0 radical (unpaired) electrons. The van der Waals surface area contributed by atoms with Crippen LogP contribution in [0.5, 0.6) is 0 Å². The molecule has 4 heteroatoms. The Bertz CT molecular complexity index is 597. The van der Waals surface area contributed by atoms with Gasteiger partial charge < -0.3 is 5.11 Å². The Balaban J connectivity index is 2.47. The molecule has 0 unspecified atom stereocenters. The Labute approximate surface area is 108 Å². The molecule has 0 atom stereocenters. The highest BCUT2D eigenvalue weighted by Crippen LogP contribution is 2.24. The standard InChI is InChI=1S/C14H11FO2S/c1-9-6-7-18-13(9)8-12(14(16)17)10-2-4-11(15)5-3-10/h2-8H,1H3,(H,16,17)/b12-8-. The maximum Gasteiger partial charge on any atom is 0.336 e. The summed E-state index contributed by atoms with van der Waals surface area (Å²) >= 11 is 1.48. The van der Waals surface area contributed by atoms with Crippen molar-refractivity contribution in [2.45, 2.75) is 6.92 Å². The zero-order valence-electron chi connectivity index (χ0n) is 9.68. The van der Waals surface area contributed by atoms with Crippen LogP contribution >= 0.6 is 11.3 Å². The number of thiophene rings is 1. The van der Waals surface area contributed by atoms with E-state index in [9.17, 15) is 14.3 Å². The second-order valence-electron chi connectivity index (χ2n) is 3.84. The summed E-state index contributed by atoms with van der Waals surface area (Å²) in [6.07, 6.45) is 1.62. The lowest BCUT2D eigenvalue weighted by atomic mass is 10.0. The molecule has 1 aromatic carbocycles. The lowest BCUT2D eigenvalue weighted by molar-refractivity contribution is -0.130. The van der Waals surface area contributed by atoms with Gasteiger partial charge in [-0.3, -0.25) is 0 Å². The lowest BCUT2D eigenvalue weighted by Crippen LogP contribution is -1.99. The molecule has 1 aromatic heterocycles. The van der Waals surface area contributed by atoms with Crippen LogP contribution in [0.15, 0.2) is 35.7 Å². The van der Waals surface area contributed by atoms with Crippen molar-refractivity contribution in [3.63, 3.8) is 0 Å². The van der Waals surface area contributed by atoms with E-state index < -0.39 is 5.97 Å². The van der Waals surface area contributed by atoms with Crippen LogP contribution in [-0.4, -0.2) is 11.1 Å². The van der Waals surface area contributed by atoms with Gasteiger partial charge in [0.2, 0.25) is 0 Å². The number of rotatable bonds is 3. The Morgan fingerprint density at radius 3 is 2.44 bits per heavy atom. The number of aliphatic carboxylic acids is 1. The van der Waals surface area contributed by atoms with Gasteiger partial charge in [-0.15, -0.1) is 11.3 Å². The molecular weight excluding hydrogens is 251 g/mol. The van der Waals surface area contributed by atoms with Crippen LogP contribution in [0.25, 0.3) is 11.6 Å². The quantitative estimate of drug-likeness (QED) is 0.854. The summed E-state index contributed by atoms with van der Waals surface area (Å²) in [6, 6.07) is 7.39. The minimum absolute atomic E-state index is 0.167. The Morgan fingerprint density at radius 1 is 1.28 bits per heavy atom. The molecule has 2 nitrogen and oxygen atoms in total. The highest BCUT2D eigenvalue weighted by molar-refractivity contribution is 7.11. The predicted octanol–water partition coefficient (Wildman–Crippen LogP) is 3.82. The van der Waals surface area contributed by atoms with Gasteiger partial charge in [0.1, 0.15) is 5.82 Å². The zero-order valence-corrected chi connectivity index (χ0v) is 10.5. The molecule has 0 bridgehead atoms. The van der Waals surface area contributed by atoms with Crippen molar-refractivity contribution in [2.24, 2.45) is 0 Å². The van der Waals surface area contributed by atoms with Gasteiger partial charge >= 0.3 is 5.97 Å². The van der Waals surface area contributed by atoms with E-state index in [0.29, 0.717) is 5.56 Å². The van der Waals surface area contributed by atoms with Crippen LogP contribution in [0.3, 0.4) is 0 Å². The summed E-state index contributed by atoms with van der Waals surface area (Å²) in [7, 11) is 0. The highest BCUT2D eigenvalue weighted by atomic mass is 32.1. The maximum absolute atomic E-state index is 12.8. The first-order chi connectivity index (χ1) is 8.58. The van der Waals surface area contributed by atoms with Crippen molar-refractivity contribution in [2.75, 3.05) is 0 Å². The van der Waals surface area contributed by atoms with E-state index in [2.05, 4.69) is 0 Å². The third-order valence-corrected chi connectivity index (χ3v) is 3.53. The van der Waals surface area contributed by atoms with E-state index in [4.69, 9.17) is 0 Å². The van der Waals surface area contributed by atoms with Crippen molar-refractivity contribution in [1.29, 1.82) is 0 Å². The smallest absolute Gasteiger partial charge is 0.336 e. The molecule has 0 spiro atoms. The fraction of sp³-hybridized carbons (Fsp3) is 0.0714. The van der Waals surface area contributed by atoms with Crippen molar-refractivity contribution < 1.29 is 14.3 Å². The summed E-state index contributed by atoms with van der Waals surface area (Å²) in [5, 5.41) is 11.1. The topological polar surface area (TPSA) is 37.3 Å². The van der Waals surface area contributed by atoms with Crippen molar-refractivity contribution in [3.05, 3.63) is 57.5 Å². The van der Waals surface area contributed by atoms with E-state index in [1.807, 2.05) is 18.4 Å². The molecule has 0 aliphatic rings. The molecule has 0 fully saturated rings. The summed E-state index contributed by atoms with van der Waals surface area (Å²) < 4.78 is 12.8. The van der Waals surface area contributed by atoms with Gasteiger partial charge in [0.15, 0.2) is 0 Å². The van der Waals surface area contributed by atoms with Crippen molar-refractivity contribution in [3.8, 4) is 0 Å². The Kier molecular flexibility index (Phi) is 3.58. The number of hydrogen-bond acceptors (Lipinski definition) is 2. The van der Waals surface area contributed by atoms with Gasteiger partial charge in [-0.1, -0.05) is 12.1 Å². The van der Waals surface area contributed by atoms with Crippen LogP contribution in [0.2, 0.25) is 0 Å². The number of halogens is 1. The molecule has 2 rings (SSSR count). The first-order valence-electron chi connectivity index (χ1n) is 5.33. The molecule has 18 heavy (non-hydrogen) atoms. The second-order valence-corrected chi connectivity index (χ2v) is 4.79. The number of carbonyl (C=O) groups is 1. The molecule has 0 saturated heterocycles. The molecule has 0 aliphatic carbocycles. The number of carboxylic acids is 1. The van der Waals surface area contributed by atoms with E-state index >= 15 is 0 Å². The number of hydrogen-bond donors (Lipinski definition) is 1. The van der Waals surface area contributed by atoms with E-state index in [1.165, 1.54) is 35.6 Å². The summed E-state index contributed by atoms with van der Waals surface area (Å²) in [5.41, 5.74) is 1.69. The molecule has 92 valence electrons. The normalized spacial score (nSPS) is 11.6. The van der Waals surface area contributed by atoms with Crippen LogP contribution in [0.4, 0.5) is 4.39 Å². The zero-order chi connectivity index (χ0) is 13.1. The second kappa shape index (κ2) is 5.14. The van der Waals surface area contributed by atoms with Gasteiger partial charge in [0.25, 0.3) is 0 Å². The Morgan fingerprint density at radius 2 is 1.94 bits per heavy atom. The maximum atomic E-state index is 12.8. The van der Waals surface area contributed by atoms with Gasteiger partial charge in [-0.2, -0.15) is 0 Å². The largest absolute Gasteiger partial charge is 0.478 e.